The van der Waals surface area contributed by atoms with Crippen molar-refractivity contribution in [3.05, 3.63) is 35.9 Å². The van der Waals surface area contributed by atoms with Gasteiger partial charge < -0.3 is 15.0 Å². The van der Waals surface area contributed by atoms with Crippen LogP contribution in [0.4, 0.5) is 0 Å². The maximum Gasteiger partial charge on any atom is 0.0599 e. The number of hydrogen-bond donors (Lipinski definition) is 1. The van der Waals surface area contributed by atoms with Crippen molar-refractivity contribution in [2.45, 2.75) is 32.4 Å². The van der Waals surface area contributed by atoms with E-state index >= 15 is 0 Å². The van der Waals surface area contributed by atoms with Crippen LogP contribution in [0.25, 0.3) is 0 Å². The van der Waals surface area contributed by atoms with E-state index in [-0.39, 0.29) is 0 Å². The molecule has 3 heteroatoms. The lowest BCUT2D eigenvalue weighted by atomic mass is 10.1. The minimum Gasteiger partial charge on any atom is -0.378 e. The minimum atomic E-state index is 0.499. The first kappa shape index (κ1) is 14.5. The van der Waals surface area contributed by atoms with Crippen LogP contribution < -0.4 is 5.32 Å². The average Bonchev–Trinajstić information content (AvgIpc) is 2.47. The molecule has 1 aliphatic rings. The molecule has 0 radical (unpaired) electrons. The van der Waals surface area contributed by atoms with Crippen molar-refractivity contribution in [1.82, 2.24) is 10.2 Å². The summed E-state index contributed by atoms with van der Waals surface area (Å²) in [6.45, 7) is 8.47. The molecule has 0 aliphatic carbocycles. The van der Waals surface area contributed by atoms with Gasteiger partial charge in [0.15, 0.2) is 0 Å². The van der Waals surface area contributed by atoms with Gasteiger partial charge in [-0.25, -0.2) is 0 Å². The Morgan fingerprint density at radius 2 is 1.95 bits per heavy atom. The molecular weight excluding hydrogens is 236 g/mol. The molecule has 0 atom stereocenters. The molecule has 0 amide bonds. The molecule has 1 aromatic carbocycles. The lowest BCUT2D eigenvalue weighted by Crippen LogP contribution is -2.40. The predicted molar refractivity (Wildman–Crippen MR) is 79.2 cm³/mol. The molecule has 19 heavy (non-hydrogen) atoms. The van der Waals surface area contributed by atoms with Crippen LogP contribution in [0, 0.1) is 0 Å². The molecule has 0 bridgehead atoms. The Hall–Kier alpha value is -0.900. The monoisotopic (exact) mass is 262 g/mol. The number of nitrogens with one attached hydrogen (secondary N) is 1. The van der Waals surface area contributed by atoms with E-state index in [2.05, 4.69) is 47.5 Å². The highest BCUT2D eigenvalue weighted by Crippen LogP contribution is 2.12. The van der Waals surface area contributed by atoms with Crippen LogP contribution in [-0.2, 0) is 11.3 Å². The molecule has 0 saturated carbocycles. The normalized spacial score (nSPS) is 17.7. The fourth-order valence-electron chi connectivity index (χ4n) is 2.60. The summed E-state index contributed by atoms with van der Waals surface area (Å²) in [5.74, 6) is 0. The quantitative estimate of drug-likeness (QED) is 0.763. The number of hydrogen-bond acceptors (Lipinski definition) is 3. The summed E-state index contributed by atoms with van der Waals surface area (Å²) in [5.41, 5.74) is 1.36. The van der Waals surface area contributed by atoms with Gasteiger partial charge in [-0.05, 0) is 25.3 Å². The van der Waals surface area contributed by atoms with Gasteiger partial charge in [0.1, 0.15) is 0 Å². The van der Waals surface area contributed by atoms with Crippen molar-refractivity contribution in [2.24, 2.45) is 0 Å². The van der Waals surface area contributed by atoms with Crippen LogP contribution in [0.5, 0.6) is 0 Å². The molecule has 3 nitrogen and oxygen atoms in total. The second-order valence-corrected chi connectivity index (χ2v) is 5.16. The predicted octanol–water partition coefficient (Wildman–Crippen LogP) is 2.28. The molecule has 106 valence electrons. The highest BCUT2D eigenvalue weighted by Gasteiger charge is 2.18. The number of nitrogens with zero attached hydrogens (tertiary/aromatic N) is 1. The highest BCUT2D eigenvalue weighted by atomic mass is 16.5. The third-order valence-electron chi connectivity index (χ3n) is 3.71. The smallest absolute Gasteiger partial charge is 0.0599 e. The summed E-state index contributed by atoms with van der Waals surface area (Å²) in [6.07, 6.45) is 2.87. The zero-order valence-corrected chi connectivity index (χ0v) is 12.0. The number of ether oxygens (including phenoxy) is 1. The van der Waals surface area contributed by atoms with E-state index in [4.69, 9.17) is 4.74 Å². The van der Waals surface area contributed by atoms with Crippen molar-refractivity contribution in [1.29, 1.82) is 0 Å². The van der Waals surface area contributed by atoms with E-state index in [1.807, 2.05) is 0 Å². The van der Waals surface area contributed by atoms with E-state index < -0.39 is 0 Å². The second kappa shape index (κ2) is 8.31. The molecular formula is C16H26N2O. The van der Waals surface area contributed by atoms with Gasteiger partial charge in [0.2, 0.25) is 0 Å². The second-order valence-electron chi connectivity index (χ2n) is 5.16. The van der Waals surface area contributed by atoms with Crippen molar-refractivity contribution in [3.63, 3.8) is 0 Å². The van der Waals surface area contributed by atoms with Crippen molar-refractivity contribution < 1.29 is 4.74 Å². The SMILES string of the molecule is CCOC1CCN(CCNCc2ccccc2)CC1. The third-order valence-corrected chi connectivity index (χ3v) is 3.71. The Balaban J connectivity index is 1.55. The standard InChI is InChI=1S/C16H26N2O/c1-2-19-16-8-11-18(12-9-16)13-10-17-14-15-6-4-3-5-7-15/h3-7,16-17H,2,8-14H2,1H3. The van der Waals surface area contributed by atoms with Gasteiger partial charge in [-0.2, -0.15) is 0 Å². The maximum absolute atomic E-state index is 5.67. The van der Waals surface area contributed by atoms with Crippen LogP contribution in [0.1, 0.15) is 25.3 Å². The molecule has 1 aromatic rings. The van der Waals surface area contributed by atoms with Crippen molar-refractivity contribution in [3.8, 4) is 0 Å². The largest absolute Gasteiger partial charge is 0.378 e. The minimum absolute atomic E-state index is 0.499. The molecule has 1 saturated heterocycles. The molecule has 1 fully saturated rings. The number of benzene rings is 1. The van der Waals surface area contributed by atoms with Crippen LogP contribution in [-0.4, -0.2) is 43.8 Å². The van der Waals surface area contributed by atoms with Gasteiger partial charge in [-0.3, -0.25) is 0 Å². The summed E-state index contributed by atoms with van der Waals surface area (Å²) >= 11 is 0. The Kier molecular flexibility index (Phi) is 6.34. The van der Waals surface area contributed by atoms with E-state index in [1.54, 1.807) is 0 Å². The Labute approximate surface area is 116 Å². The van der Waals surface area contributed by atoms with E-state index in [0.29, 0.717) is 6.10 Å². The van der Waals surface area contributed by atoms with Crippen LogP contribution in [0.15, 0.2) is 30.3 Å². The lowest BCUT2D eigenvalue weighted by molar-refractivity contribution is 0.0145. The van der Waals surface area contributed by atoms with Crippen LogP contribution in [0.2, 0.25) is 0 Å². The first-order valence-corrected chi connectivity index (χ1v) is 7.47. The van der Waals surface area contributed by atoms with Crippen molar-refractivity contribution in [2.75, 3.05) is 32.8 Å². The fourth-order valence-corrected chi connectivity index (χ4v) is 2.60. The lowest BCUT2D eigenvalue weighted by Gasteiger charge is -2.31. The molecule has 1 heterocycles. The summed E-state index contributed by atoms with van der Waals surface area (Å²) in [6, 6.07) is 10.6. The molecule has 0 unspecified atom stereocenters. The van der Waals surface area contributed by atoms with Gasteiger partial charge in [0, 0.05) is 39.3 Å². The van der Waals surface area contributed by atoms with E-state index in [0.717, 1.165) is 26.2 Å². The first-order valence-electron chi connectivity index (χ1n) is 7.47. The Bertz CT molecular complexity index is 334. The average molecular weight is 262 g/mol. The van der Waals surface area contributed by atoms with E-state index in [9.17, 15) is 0 Å². The molecule has 0 aromatic heterocycles. The van der Waals surface area contributed by atoms with Gasteiger partial charge in [0.25, 0.3) is 0 Å². The van der Waals surface area contributed by atoms with Crippen LogP contribution in [0.3, 0.4) is 0 Å². The topological polar surface area (TPSA) is 24.5 Å². The van der Waals surface area contributed by atoms with Gasteiger partial charge in [-0.1, -0.05) is 30.3 Å². The number of piperidine rings is 1. The Morgan fingerprint density at radius 1 is 1.21 bits per heavy atom. The summed E-state index contributed by atoms with van der Waals surface area (Å²) < 4.78 is 5.67. The Morgan fingerprint density at radius 3 is 2.63 bits per heavy atom. The summed E-state index contributed by atoms with van der Waals surface area (Å²) in [4.78, 5) is 2.54. The zero-order valence-electron chi connectivity index (χ0n) is 12.0. The fraction of sp³-hybridized carbons (Fsp3) is 0.625. The maximum atomic E-state index is 5.67. The molecule has 2 rings (SSSR count). The van der Waals surface area contributed by atoms with E-state index in [1.165, 1.54) is 31.5 Å². The van der Waals surface area contributed by atoms with Gasteiger partial charge >= 0.3 is 0 Å². The van der Waals surface area contributed by atoms with Gasteiger partial charge in [-0.15, -0.1) is 0 Å². The van der Waals surface area contributed by atoms with Crippen LogP contribution >= 0.6 is 0 Å². The number of rotatable bonds is 7. The molecule has 1 aliphatic heterocycles. The molecule has 1 N–H and O–H groups in total. The molecule has 0 spiro atoms. The zero-order chi connectivity index (χ0) is 13.3. The number of likely N-dealkylation sites (tertiary alicyclic amines) is 1. The first-order chi connectivity index (χ1) is 9.38. The van der Waals surface area contributed by atoms with Gasteiger partial charge in [0.05, 0.1) is 6.10 Å². The van der Waals surface area contributed by atoms with Crippen molar-refractivity contribution >= 4 is 0 Å². The summed E-state index contributed by atoms with van der Waals surface area (Å²) in [7, 11) is 0. The summed E-state index contributed by atoms with van der Waals surface area (Å²) in [5, 5.41) is 3.51. The highest BCUT2D eigenvalue weighted by molar-refractivity contribution is 5.14. The third kappa shape index (κ3) is 5.31.